The van der Waals surface area contributed by atoms with Gasteiger partial charge in [0.15, 0.2) is 0 Å². The van der Waals surface area contributed by atoms with Gasteiger partial charge in [-0.15, -0.1) is 0 Å². The maximum atomic E-state index is 5.49. The van der Waals surface area contributed by atoms with E-state index in [1.54, 1.807) is 11.6 Å². The van der Waals surface area contributed by atoms with E-state index in [0.717, 1.165) is 37.4 Å². The summed E-state index contributed by atoms with van der Waals surface area (Å²) in [7, 11) is 5.46. The van der Waals surface area contributed by atoms with Gasteiger partial charge in [-0.1, -0.05) is 0 Å². The number of aromatic nitrogens is 6. The van der Waals surface area contributed by atoms with Crippen LogP contribution in [0.2, 0.25) is 0 Å². The zero-order valence-corrected chi connectivity index (χ0v) is 15.2. The topological polar surface area (TPSA) is 97.7 Å². The molecule has 1 fully saturated rings. The number of hydrogen-bond acceptors (Lipinski definition) is 9. The molecule has 26 heavy (non-hydrogen) atoms. The largest absolute Gasteiger partial charge is 0.378 e. The molecule has 0 aliphatic carbocycles. The predicted molar refractivity (Wildman–Crippen MR) is 94.3 cm³/mol. The molecule has 0 amide bonds. The van der Waals surface area contributed by atoms with Gasteiger partial charge in [0.25, 0.3) is 11.7 Å². The van der Waals surface area contributed by atoms with Crippen LogP contribution in [0.3, 0.4) is 0 Å². The number of rotatable bonds is 5. The molecule has 0 aromatic carbocycles. The molecule has 138 valence electrons. The van der Waals surface area contributed by atoms with Crippen molar-refractivity contribution in [1.29, 1.82) is 0 Å². The number of methoxy groups -OCH3 is 1. The first-order valence-electron chi connectivity index (χ1n) is 8.60. The highest BCUT2D eigenvalue weighted by Gasteiger charge is 2.28. The summed E-state index contributed by atoms with van der Waals surface area (Å²) < 4.78 is 12.5. The van der Waals surface area contributed by atoms with E-state index in [4.69, 9.17) is 9.26 Å². The van der Waals surface area contributed by atoms with E-state index in [-0.39, 0.29) is 5.92 Å². The summed E-state index contributed by atoms with van der Waals surface area (Å²) in [4.78, 5) is 17.3. The molecule has 4 heterocycles. The molecule has 10 nitrogen and oxygen atoms in total. The van der Waals surface area contributed by atoms with Gasteiger partial charge in [-0.25, -0.2) is 4.98 Å². The van der Waals surface area contributed by atoms with Gasteiger partial charge in [0.05, 0.1) is 18.2 Å². The highest BCUT2D eigenvalue weighted by atomic mass is 16.5. The Morgan fingerprint density at radius 3 is 3.00 bits per heavy atom. The van der Waals surface area contributed by atoms with Crippen LogP contribution in [0.1, 0.15) is 30.3 Å². The van der Waals surface area contributed by atoms with Crippen molar-refractivity contribution in [2.24, 2.45) is 0 Å². The van der Waals surface area contributed by atoms with E-state index in [1.807, 2.05) is 25.1 Å². The SMILES string of the molecule is COCc1cc(N2CCCC(c3nc(N(C)C)no3)C2)n2ncnc2n1. The third-order valence-corrected chi connectivity index (χ3v) is 4.50. The molecule has 3 aromatic rings. The lowest BCUT2D eigenvalue weighted by atomic mass is 9.98. The molecule has 1 saturated heterocycles. The Hall–Kier alpha value is -2.75. The Labute approximate surface area is 150 Å². The Bertz CT molecular complexity index is 889. The first kappa shape index (κ1) is 16.7. The fourth-order valence-corrected chi connectivity index (χ4v) is 3.25. The molecule has 1 unspecified atom stereocenters. The minimum Gasteiger partial charge on any atom is -0.378 e. The Morgan fingerprint density at radius 2 is 2.23 bits per heavy atom. The van der Waals surface area contributed by atoms with Crippen LogP contribution in [0.25, 0.3) is 5.78 Å². The van der Waals surface area contributed by atoms with Crippen molar-refractivity contribution in [2.75, 3.05) is 44.1 Å². The molecule has 1 aliphatic heterocycles. The molecule has 0 radical (unpaired) electrons. The van der Waals surface area contributed by atoms with Crippen LogP contribution < -0.4 is 9.80 Å². The third kappa shape index (κ3) is 3.07. The van der Waals surface area contributed by atoms with Crippen molar-refractivity contribution in [3.8, 4) is 0 Å². The fraction of sp³-hybridized carbons (Fsp3) is 0.562. The van der Waals surface area contributed by atoms with Crippen LogP contribution in [0, 0.1) is 0 Å². The molecule has 1 atom stereocenters. The van der Waals surface area contributed by atoms with Gasteiger partial charge in [0.2, 0.25) is 5.89 Å². The summed E-state index contributed by atoms with van der Waals surface area (Å²) in [5.74, 6) is 2.99. The average Bonchev–Trinajstić information content (AvgIpc) is 3.31. The zero-order chi connectivity index (χ0) is 18.1. The van der Waals surface area contributed by atoms with Gasteiger partial charge in [-0.05, 0) is 18.0 Å². The van der Waals surface area contributed by atoms with Crippen LogP contribution in [0.5, 0.6) is 0 Å². The van der Waals surface area contributed by atoms with Crippen LogP contribution in [0.4, 0.5) is 11.8 Å². The molecular formula is C16H22N8O2. The summed E-state index contributed by atoms with van der Waals surface area (Å²) in [6.07, 6.45) is 3.57. The highest BCUT2D eigenvalue weighted by Crippen LogP contribution is 2.30. The summed E-state index contributed by atoms with van der Waals surface area (Å²) in [5, 5.41) is 8.36. The Balaban J connectivity index is 1.63. The molecular weight excluding hydrogens is 336 g/mol. The van der Waals surface area contributed by atoms with E-state index < -0.39 is 0 Å². The number of nitrogens with zero attached hydrogens (tertiary/aromatic N) is 8. The van der Waals surface area contributed by atoms with E-state index >= 15 is 0 Å². The first-order chi connectivity index (χ1) is 12.7. The summed E-state index contributed by atoms with van der Waals surface area (Å²) >= 11 is 0. The lowest BCUT2D eigenvalue weighted by Gasteiger charge is -2.32. The van der Waals surface area contributed by atoms with Crippen molar-refractivity contribution in [2.45, 2.75) is 25.4 Å². The van der Waals surface area contributed by atoms with E-state index in [2.05, 4.69) is 30.1 Å². The average molecular weight is 358 g/mol. The molecule has 4 rings (SSSR count). The van der Waals surface area contributed by atoms with Crippen molar-refractivity contribution < 1.29 is 9.26 Å². The Kier molecular flexibility index (Phi) is 4.41. The maximum absolute atomic E-state index is 5.49. The number of fused-ring (bicyclic) bond motifs is 1. The lowest BCUT2D eigenvalue weighted by molar-refractivity contribution is 0.181. The van der Waals surface area contributed by atoms with Gasteiger partial charge in [0, 0.05) is 40.4 Å². The quantitative estimate of drug-likeness (QED) is 0.664. The summed E-state index contributed by atoms with van der Waals surface area (Å²) in [5.41, 5.74) is 0.831. The van der Waals surface area contributed by atoms with Gasteiger partial charge in [-0.3, -0.25) is 0 Å². The smallest absolute Gasteiger partial charge is 0.265 e. The zero-order valence-electron chi connectivity index (χ0n) is 15.2. The van der Waals surface area contributed by atoms with Crippen molar-refractivity contribution >= 4 is 17.5 Å². The molecule has 1 aliphatic rings. The number of piperidine rings is 1. The second kappa shape index (κ2) is 6.87. The van der Waals surface area contributed by atoms with Gasteiger partial charge in [-0.2, -0.15) is 19.6 Å². The molecule has 0 bridgehead atoms. The fourth-order valence-electron chi connectivity index (χ4n) is 3.25. The molecule has 10 heteroatoms. The number of hydrogen-bond donors (Lipinski definition) is 0. The van der Waals surface area contributed by atoms with Crippen molar-refractivity contribution in [3.05, 3.63) is 24.0 Å². The maximum Gasteiger partial charge on any atom is 0.265 e. The number of ether oxygens (including phenoxy) is 1. The van der Waals surface area contributed by atoms with E-state index in [0.29, 0.717) is 24.2 Å². The summed E-state index contributed by atoms with van der Waals surface area (Å²) in [6.45, 7) is 2.14. The van der Waals surface area contributed by atoms with Crippen molar-refractivity contribution in [3.63, 3.8) is 0 Å². The van der Waals surface area contributed by atoms with E-state index in [9.17, 15) is 0 Å². The number of anilines is 2. The normalized spacial score (nSPS) is 17.8. The summed E-state index contributed by atoms with van der Waals surface area (Å²) in [6, 6.07) is 2.01. The van der Waals surface area contributed by atoms with Gasteiger partial charge < -0.3 is 19.1 Å². The van der Waals surface area contributed by atoms with E-state index in [1.165, 1.54) is 6.33 Å². The lowest BCUT2D eigenvalue weighted by Crippen LogP contribution is -2.36. The van der Waals surface area contributed by atoms with Crippen LogP contribution >= 0.6 is 0 Å². The molecule has 0 saturated carbocycles. The minimum absolute atomic E-state index is 0.183. The molecule has 0 spiro atoms. The minimum atomic E-state index is 0.183. The van der Waals surface area contributed by atoms with Crippen molar-refractivity contribution in [1.82, 2.24) is 29.7 Å². The monoisotopic (exact) mass is 358 g/mol. The highest BCUT2D eigenvalue weighted by molar-refractivity contribution is 5.48. The van der Waals surface area contributed by atoms with Crippen LogP contribution in [-0.4, -0.2) is 64.0 Å². The van der Waals surface area contributed by atoms with Gasteiger partial charge >= 0.3 is 0 Å². The van der Waals surface area contributed by atoms with Crippen LogP contribution in [-0.2, 0) is 11.3 Å². The third-order valence-electron chi connectivity index (χ3n) is 4.50. The van der Waals surface area contributed by atoms with Gasteiger partial charge in [0.1, 0.15) is 12.1 Å². The first-order valence-corrected chi connectivity index (χ1v) is 8.60. The molecule has 0 N–H and O–H groups in total. The Morgan fingerprint density at radius 1 is 1.35 bits per heavy atom. The molecule has 3 aromatic heterocycles. The standard InChI is InChI=1S/C16H22N8O2/c1-22(2)16-20-14(26-21-16)11-5-4-6-23(8-11)13-7-12(9-25-3)19-15-17-10-18-24(13)15/h7,10-11H,4-6,8-9H2,1-3H3. The predicted octanol–water partition coefficient (Wildman–Crippen LogP) is 1.10. The second-order valence-corrected chi connectivity index (χ2v) is 6.62. The second-order valence-electron chi connectivity index (χ2n) is 6.62. The van der Waals surface area contributed by atoms with Crippen LogP contribution in [0.15, 0.2) is 16.9 Å².